The average molecular weight is 365 g/mol. The van der Waals surface area contributed by atoms with Crippen LogP contribution in [0.15, 0.2) is 47.0 Å². The first kappa shape index (κ1) is 17.4. The molecule has 0 aliphatic carbocycles. The van der Waals surface area contributed by atoms with Gasteiger partial charge >= 0.3 is 0 Å². The number of aryl methyl sites for hydroxylation is 2. The van der Waals surface area contributed by atoms with Crippen LogP contribution >= 0.6 is 0 Å². The molecule has 1 amide bonds. The van der Waals surface area contributed by atoms with Gasteiger partial charge in [0.15, 0.2) is 0 Å². The van der Waals surface area contributed by atoms with Crippen molar-refractivity contribution in [3.63, 3.8) is 0 Å². The van der Waals surface area contributed by atoms with E-state index in [1.54, 1.807) is 17.0 Å². The molecular weight excluding hydrogens is 345 g/mol. The average Bonchev–Trinajstić information content (AvgIpc) is 3.24. The molecule has 2 aromatic carbocycles. The summed E-state index contributed by atoms with van der Waals surface area (Å²) in [7, 11) is 0. The number of likely N-dealkylation sites (tertiary alicyclic amines) is 1. The molecular formula is C21H20FN3O2. The first-order valence-corrected chi connectivity index (χ1v) is 8.96. The van der Waals surface area contributed by atoms with Crippen molar-refractivity contribution in [2.75, 3.05) is 0 Å². The van der Waals surface area contributed by atoms with Gasteiger partial charge in [0.05, 0.1) is 0 Å². The van der Waals surface area contributed by atoms with Crippen LogP contribution < -0.4 is 0 Å². The lowest BCUT2D eigenvalue weighted by Gasteiger charge is -2.22. The Bertz CT molecular complexity index is 981. The van der Waals surface area contributed by atoms with E-state index in [0.717, 1.165) is 16.7 Å². The van der Waals surface area contributed by atoms with Crippen LogP contribution in [0.25, 0.3) is 11.4 Å². The highest BCUT2D eigenvalue weighted by Crippen LogP contribution is 2.34. The molecule has 5 nitrogen and oxygen atoms in total. The quantitative estimate of drug-likeness (QED) is 0.689. The Balaban J connectivity index is 1.59. The van der Waals surface area contributed by atoms with Crippen LogP contribution in [0.2, 0.25) is 0 Å². The Morgan fingerprint density at radius 1 is 1.19 bits per heavy atom. The van der Waals surface area contributed by atoms with E-state index < -0.39 is 0 Å². The van der Waals surface area contributed by atoms with Gasteiger partial charge in [0, 0.05) is 18.5 Å². The second kappa shape index (κ2) is 6.95. The number of nitrogens with zero attached hydrogens (tertiary/aromatic N) is 3. The van der Waals surface area contributed by atoms with Crippen molar-refractivity contribution in [2.45, 2.75) is 39.3 Å². The van der Waals surface area contributed by atoms with Crippen molar-refractivity contribution >= 4 is 5.91 Å². The minimum absolute atomic E-state index is 0.0376. The highest BCUT2D eigenvalue weighted by molar-refractivity contribution is 5.78. The minimum atomic E-state index is -0.293. The normalized spacial score (nSPS) is 16.9. The molecule has 1 unspecified atom stereocenters. The number of hydrogen-bond acceptors (Lipinski definition) is 4. The summed E-state index contributed by atoms with van der Waals surface area (Å²) >= 11 is 0. The maximum absolute atomic E-state index is 13.1. The van der Waals surface area contributed by atoms with Crippen LogP contribution in [0.5, 0.6) is 0 Å². The van der Waals surface area contributed by atoms with Gasteiger partial charge in [0.2, 0.25) is 17.6 Å². The second-order valence-electron chi connectivity index (χ2n) is 6.98. The van der Waals surface area contributed by atoms with E-state index in [2.05, 4.69) is 16.2 Å². The predicted molar refractivity (Wildman–Crippen MR) is 98.1 cm³/mol. The fraction of sp³-hybridized carbons (Fsp3) is 0.286. The van der Waals surface area contributed by atoms with Gasteiger partial charge in [-0.05, 0) is 43.5 Å². The molecule has 1 fully saturated rings. The van der Waals surface area contributed by atoms with E-state index in [0.29, 0.717) is 31.1 Å². The van der Waals surface area contributed by atoms with Crippen LogP contribution in [-0.4, -0.2) is 20.9 Å². The molecule has 2 heterocycles. The van der Waals surface area contributed by atoms with Gasteiger partial charge in [0.1, 0.15) is 11.9 Å². The fourth-order valence-electron chi connectivity index (χ4n) is 3.52. The molecule has 1 aliphatic heterocycles. The molecule has 1 atom stereocenters. The molecule has 0 spiro atoms. The molecule has 1 aromatic heterocycles. The summed E-state index contributed by atoms with van der Waals surface area (Å²) in [4.78, 5) is 18.7. The molecule has 138 valence electrons. The SMILES string of the molecule is Cc1ccc(-c2noc(C3CCC(=O)N3Cc3ccc(F)cc3)n2)c(C)c1. The molecule has 0 bridgehead atoms. The first-order chi connectivity index (χ1) is 13.0. The lowest BCUT2D eigenvalue weighted by atomic mass is 10.1. The monoisotopic (exact) mass is 365 g/mol. The van der Waals surface area contributed by atoms with Crippen LogP contribution in [0.1, 0.15) is 41.5 Å². The Kier molecular flexibility index (Phi) is 4.48. The zero-order chi connectivity index (χ0) is 19.0. The molecule has 0 N–H and O–H groups in total. The Morgan fingerprint density at radius 2 is 1.96 bits per heavy atom. The zero-order valence-electron chi connectivity index (χ0n) is 15.3. The maximum atomic E-state index is 13.1. The number of halogens is 1. The third-order valence-corrected chi connectivity index (χ3v) is 4.94. The van der Waals surface area contributed by atoms with Crippen LogP contribution in [0.4, 0.5) is 4.39 Å². The number of amides is 1. The van der Waals surface area contributed by atoms with Crippen LogP contribution in [0, 0.1) is 19.7 Å². The minimum Gasteiger partial charge on any atom is -0.337 e. The highest BCUT2D eigenvalue weighted by atomic mass is 19.1. The molecule has 1 saturated heterocycles. The summed E-state index contributed by atoms with van der Waals surface area (Å²) in [5.74, 6) is 0.718. The van der Waals surface area contributed by atoms with Gasteiger partial charge in [-0.1, -0.05) is 41.1 Å². The molecule has 4 rings (SSSR count). The zero-order valence-corrected chi connectivity index (χ0v) is 15.3. The van der Waals surface area contributed by atoms with Crippen molar-refractivity contribution in [1.82, 2.24) is 15.0 Å². The summed E-state index contributed by atoms with van der Waals surface area (Å²) < 4.78 is 18.6. The van der Waals surface area contributed by atoms with Gasteiger partial charge in [-0.25, -0.2) is 4.39 Å². The van der Waals surface area contributed by atoms with Crippen LogP contribution in [0.3, 0.4) is 0 Å². The van der Waals surface area contributed by atoms with E-state index in [-0.39, 0.29) is 17.8 Å². The van der Waals surface area contributed by atoms with E-state index in [4.69, 9.17) is 4.52 Å². The number of aromatic nitrogens is 2. The Labute approximate surface area is 156 Å². The lowest BCUT2D eigenvalue weighted by Crippen LogP contribution is -2.27. The van der Waals surface area contributed by atoms with Crippen molar-refractivity contribution in [1.29, 1.82) is 0 Å². The van der Waals surface area contributed by atoms with Gasteiger partial charge in [-0.3, -0.25) is 4.79 Å². The van der Waals surface area contributed by atoms with E-state index in [1.165, 1.54) is 17.7 Å². The summed E-state index contributed by atoms with van der Waals surface area (Å²) in [6.07, 6.45) is 1.07. The van der Waals surface area contributed by atoms with E-state index in [1.807, 2.05) is 26.0 Å². The fourth-order valence-corrected chi connectivity index (χ4v) is 3.52. The number of benzene rings is 2. The molecule has 6 heteroatoms. The summed E-state index contributed by atoms with van der Waals surface area (Å²) in [6.45, 7) is 4.44. The largest absolute Gasteiger partial charge is 0.337 e. The van der Waals surface area contributed by atoms with Crippen molar-refractivity contribution in [2.24, 2.45) is 0 Å². The summed E-state index contributed by atoms with van der Waals surface area (Å²) in [6, 6.07) is 12.0. The molecule has 1 aliphatic rings. The lowest BCUT2D eigenvalue weighted by molar-refractivity contribution is -0.129. The third kappa shape index (κ3) is 3.47. The predicted octanol–water partition coefficient (Wildman–Crippen LogP) is 4.36. The van der Waals surface area contributed by atoms with Crippen LogP contribution in [-0.2, 0) is 11.3 Å². The topological polar surface area (TPSA) is 59.2 Å². The number of carbonyl (C=O) groups is 1. The Morgan fingerprint density at radius 3 is 2.70 bits per heavy atom. The van der Waals surface area contributed by atoms with Gasteiger partial charge in [-0.15, -0.1) is 0 Å². The Hall–Kier alpha value is -3.02. The van der Waals surface area contributed by atoms with Crippen molar-refractivity contribution < 1.29 is 13.7 Å². The van der Waals surface area contributed by atoms with Crippen molar-refractivity contribution in [3.05, 3.63) is 70.9 Å². The van der Waals surface area contributed by atoms with Crippen molar-refractivity contribution in [3.8, 4) is 11.4 Å². The number of hydrogen-bond donors (Lipinski definition) is 0. The van der Waals surface area contributed by atoms with Gasteiger partial charge < -0.3 is 9.42 Å². The third-order valence-electron chi connectivity index (χ3n) is 4.94. The number of carbonyl (C=O) groups excluding carboxylic acids is 1. The van der Waals surface area contributed by atoms with Gasteiger partial charge in [-0.2, -0.15) is 4.98 Å². The maximum Gasteiger partial charge on any atom is 0.249 e. The first-order valence-electron chi connectivity index (χ1n) is 8.96. The van der Waals surface area contributed by atoms with E-state index in [9.17, 15) is 9.18 Å². The second-order valence-corrected chi connectivity index (χ2v) is 6.98. The number of rotatable bonds is 4. The van der Waals surface area contributed by atoms with E-state index >= 15 is 0 Å². The van der Waals surface area contributed by atoms with Gasteiger partial charge in [0.25, 0.3) is 0 Å². The molecule has 3 aromatic rings. The summed E-state index contributed by atoms with van der Waals surface area (Å²) in [5.41, 5.74) is 4.04. The molecule has 0 radical (unpaired) electrons. The smallest absolute Gasteiger partial charge is 0.249 e. The standard InChI is InChI=1S/C21H20FN3O2/c1-13-3-8-17(14(2)11-13)20-23-21(27-24-20)18-9-10-19(26)25(18)12-15-4-6-16(22)7-5-15/h3-8,11,18H,9-10,12H2,1-2H3. The molecule has 0 saturated carbocycles. The highest BCUT2D eigenvalue weighted by Gasteiger charge is 2.36. The summed E-state index contributed by atoms with van der Waals surface area (Å²) in [5, 5.41) is 4.13. The molecule has 27 heavy (non-hydrogen) atoms.